The maximum atomic E-state index is 12.4. The molecule has 0 bridgehead atoms. The molecule has 4 nitrogen and oxygen atoms in total. The first kappa shape index (κ1) is 20.7. The average molecular weight is 367 g/mol. The smallest absolute Gasteiger partial charge is 0.226 e. The highest BCUT2D eigenvalue weighted by Crippen LogP contribution is 2.27. The van der Waals surface area contributed by atoms with Crippen LogP contribution in [0.1, 0.15) is 55.4 Å². The van der Waals surface area contributed by atoms with E-state index in [1.807, 2.05) is 45.0 Å². The van der Waals surface area contributed by atoms with E-state index in [0.717, 1.165) is 22.5 Å². The Morgan fingerprint density at radius 2 is 1.56 bits per heavy atom. The van der Waals surface area contributed by atoms with Crippen molar-refractivity contribution >= 4 is 23.2 Å². The maximum absolute atomic E-state index is 12.4. The Morgan fingerprint density at radius 3 is 2.04 bits per heavy atom. The topological polar surface area (TPSA) is 49.4 Å². The van der Waals surface area contributed by atoms with Crippen LogP contribution in [0.2, 0.25) is 0 Å². The molecule has 0 spiro atoms. The summed E-state index contributed by atoms with van der Waals surface area (Å²) in [6.07, 6.45) is 0.248. The van der Waals surface area contributed by atoms with Crippen molar-refractivity contribution in [2.24, 2.45) is 0 Å². The largest absolute Gasteiger partial charge is 0.326 e. The average Bonchev–Trinajstić information content (AvgIpc) is 2.57. The van der Waals surface area contributed by atoms with E-state index in [2.05, 4.69) is 31.3 Å². The lowest BCUT2D eigenvalue weighted by atomic mass is 10.0. The van der Waals surface area contributed by atoms with Crippen molar-refractivity contribution in [3.05, 3.63) is 58.7 Å². The Bertz CT molecular complexity index is 800. The van der Waals surface area contributed by atoms with E-state index in [-0.39, 0.29) is 18.2 Å². The van der Waals surface area contributed by atoms with Crippen LogP contribution in [0.5, 0.6) is 0 Å². The van der Waals surface area contributed by atoms with Crippen LogP contribution in [0.3, 0.4) is 0 Å². The van der Waals surface area contributed by atoms with Gasteiger partial charge in [0, 0.05) is 31.3 Å². The SMILES string of the molecule is CC(=O)N(CCC(=O)Nc1ccc(C(C)C)cc1)c1c(C)cc(C)cc1C. The number of nitrogens with one attached hydrogen (secondary N) is 1. The van der Waals surface area contributed by atoms with Gasteiger partial charge in [0.05, 0.1) is 0 Å². The Hall–Kier alpha value is -2.62. The first-order chi connectivity index (χ1) is 12.7. The van der Waals surface area contributed by atoms with Crippen LogP contribution in [-0.2, 0) is 9.59 Å². The summed E-state index contributed by atoms with van der Waals surface area (Å²) >= 11 is 0. The van der Waals surface area contributed by atoms with Crippen molar-refractivity contribution < 1.29 is 9.59 Å². The highest BCUT2D eigenvalue weighted by molar-refractivity contribution is 5.95. The molecule has 144 valence electrons. The summed E-state index contributed by atoms with van der Waals surface area (Å²) in [5, 5.41) is 2.92. The summed E-state index contributed by atoms with van der Waals surface area (Å²) in [7, 11) is 0. The standard InChI is InChI=1S/C23H30N2O2/c1-15(2)20-7-9-21(10-8-20)24-22(27)11-12-25(19(6)26)23-17(4)13-16(3)14-18(23)5/h7-10,13-15H,11-12H2,1-6H3,(H,24,27). The lowest BCUT2D eigenvalue weighted by Gasteiger charge is -2.25. The molecule has 0 aliphatic heterocycles. The minimum Gasteiger partial charge on any atom is -0.326 e. The molecule has 0 aliphatic rings. The summed E-state index contributed by atoms with van der Waals surface area (Å²) in [5.41, 5.74) is 6.18. The zero-order valence-corrected chi connectivity index (χ0v) is 17.2. The number of rotatable bonds is 6. The molecule has 0 heterocycles. The van der Waals surface area contributed by atoms with Gasteiger partial charge in [0.1, 0.15) is 0 Å². The van der Waals surface area contributed by atoms with Gasteiger partial charge in [0.2, 0.25) is 11.8 Å². The molecule has 4 heteroatoms. The lowest BCUT2D eigenvalue weighted by Crippen LogP contribution is -2.33. The normalized spacial score (nSPS) is 10.8. The van der Waals surface area contributed by atoms with Crippen molar-refractivity contribution in [3.63, 3.8) is 0 Å². The third-order valence-corrected chi connectivity index (χ3v) is 4.71. The second kappa shape index (κ2) is 8.85. The van der Waals surface area contributed by atoms with Crippen LogP contribution in [0.15, 0.2) is 36.4 Å². The third-order valence-electron chi connectivity index (χ3n) is 4.71. The van der Waals surface area contributed by atoms with Crippen LogP contribution >= 0.6 is 0 Å². The van der Waals surface area contributed by atoms with Gasteiger partial charge < -0.3 is 10.2 Å². The van der Waals surface area contributed by atoms with E-state index in [4.69, 9.17) is 0 Å². The molecule has 1 N–H and O–H groups in total. The van der Waals surface area contributed by atoms with Crippen molar-refractivity contribution in [1.29, 1.82) is 0 Å². The molecule has 0 saturated heterocycles. The van der Waals surface area contributed by atoms with E-state index >= 15 is 0 Å². The molecule has 0 unspecified atom stereocenters. The number of nitrogens with zero attached hydrogens (tertiary/aromatic N) is 1. The van der Waals surface area contributed by atoms with Crippen molar-refractivity contribution in [2.75, 3.05) is 16.8 Å². The number of aryl methyl sites for hydroxylation is 3. The predicted molar refractivity (Wildman–Crippen MR) is 112 cm³/mol. The zero-order chi connectivity index (χ0) is 20.1. The van der Waals surface area contributed by atoms with Crippen molar-refractivity contribution in [2.45, 2.75) is 53.9 Å². The minimum atomic E-state index is -0.0963. The van der Waals surface area contributed by atoms with Gasteiger partial charge in [-0.3, -0.25) is 9.59 Å². The third kappa shape index (κ3) is 5.43. The van der Waals surface area contributed by atoms with Crippen LogP contribution in [0.4, 0.5) is 11.4 Å². The van der Waals surface area contributed by atoms with Gasteiger partial charge in [-0.25, -0.2) is 0 Å². The minimum absolute atomic E-state index is 0.0564. The van der Waals surface area contributed by atoms with Crippen molar-refractivity contribution in [1.82, 2.24) is 0 Å². The fourth-order valence-corrected chi connectivity index (χ4v) is 3.41. The second-order valence-electron chi connectivity index (χ2n) is 7.49. The molecule has 2 rings (SSSR count). The van der Waals surface area contributed by atoms with Crippen LogP contribution in [-0.4, -0.2) is 18.4 Å². The Kier molecular flexibility index (Phi) is 6.78. The monoisotopic (exact) mass is 366 g/mol. The Labute approximate surface area is 162 Å². The van der Waals surface area contributed by atoms with Crippen LogP contribution in [0.25, 0.3) is 0 Å². The summed E-state index contributed by atoms with van der Waals surface area (Å²) in [5.74, 6) is 0.306. The predicted octanol–water partition coefficient (Wildman–Crippen LogP) is 5.12. The first-order valence-electron chi connectivity index (χ1n) is 9.44. The van der Waals surface area contributed by atoms with Gasteiger partial charge in [-0.05, 0) is 55.5 Å². The van der Waals surface area contributed by atoms with E-state index in [0.29, 0.717) is 12.5 Å². The van der Waals surface area contributed by atoms with Crippen LogP contribution in [0, 0.1) is 20.8 Å². The Morgan fingerprint density at radius 1 is 1.00 bits per heavy atom. The first-order valence-corrected chi connectivity index (χ1v) is 9.44. The molecule has 2 aromatic rings. The van der Waals surface area contributed by atoms with Gasteiger partial charge in [0.15, 0.2) is 0 Å². The number of hydrogen-bond acceptors (Lipinski definition) is 2. The molecule has 0 fully saturated rings. The number of amides is 2. The highest BCUT2D eigenvalue weighted by atomic mass is 16.2. The van der Waals surface area contributed by atoms with Gasteiger partial charge in [-0.15, -0.1) is 0 Å². The molecule has 0 aliphatic carbocycles. The second-order valence-corrected chi connectivity index (χ2v) is 7.49. The fourth-order valence-electron chi connectivity index (χ4n) is 3.41. The van der Waals surface area contributed by atoms with Gasteiger partial charge in [0.25, 0.3) is 0 Å². The molecule has 2 amide bonds. The molecule has 0 aromatic heterocycles. The van der Waals surface area contributed by atoms with E-state index < -0.39 is 0 Å². The Balaban J connectivity index is 2.06. The summed E-state index contributed by atoms with van der Waals surface area (Å²) in [6, 6.07) is 12.0. The summed E-state index contributed by atoms with van der Waals surface area (Å²) < 4.78 is 0. The van der Waals surface area contributed by atoms with E-state index in [1.165, 1.54) is 11.1 Å². The van der Waals surface area contributed by atoms with E-state index in [9.17, 15) is 9.59 Å². The molecule has 0 saturated carbocycles. The molecular weight excluding hydrogens is 336 g/mol. The maximum Gasteiger partial charge on any atom is 0.226 e. The molecular formula is C23H30N2O2. The van der Waals surface area contributed by atoms with Gasteiger partial charge in [-0.2, -0.15) is 0 Å². The number of carbonyl (C=O) groups excluding carboxylic acids is 2. The molecule has 2 aromatic carbocycles. The summed E-state index contributed by atoms with van der Waals surface area (Å²) in [4.78, 5) is 26.3. The number of anilines is 2. The number of carbonyl (C=O) groups is 2. The highest BCUT2D eigenvalue weighted by Gasteiger charge is 2.18. The zero-order valence-electron chi connectivity index (χ0n) is 17.2. The fraction of sp³-hybridized carbons (Fsp3) is 0.391. The lowest BCUT2D eigenvalue weighted by molar-refractivity contribution is -0.117. The quantitative estimate of drug-likeness (QED) is 0.771. The molecule has 27 heavy (non-hydrogen) atoms. The molecule has 0 radical (unpaired) electrons. The summed E-state index contributed by atoms with van der Waals surface area (Å²) in [6.45, 7) is 12.2. The van der Waals surface area contributed by atoms with Crippen molar-refractivity contribution in [3.8, 4) is 0 Å². The van der Waals surface area contributed by atoms with Crippen LogP contribution < -0.4 is 10.2 Å². The molecule has 0 atom stereocenters. The number of hydrogen-bond donors (Lipinski definition) is 1. The van der Waals surface area contributed by atoms with E-state index in [1.54, 1.807) is 11.8 Å². The number of benzene rings is 2. The van der Waals surface area contributed by atoms with Gasteiger partial charge >= 0.3 is 0 Å². The van der Waals surface area contributed by atoms with Gasteiger partial charge in [-0.1, -0.05) is 43.7 Å².